The maximum absolute atomic E-state index is 10.7. The van der Waals surface area contributed by atoms with Crippen molar-refractivity contribution < 1.29 is 4.79 Å². The smallest absolute Gasteiger partial charge is 0.233 e. The lowest BCUT2D eigenvalue weighted by Crippen LogP contribution is -2.24. The number of nitrogens with one attached hydrogen (secondary N) is 1. The van der Waals surface area contributed by atoms with Crippen LogP contribution in [0.1, 0.15) is 13.8 Å². The zero-order valence-corrected chi connectivity index (χ0v) is 5.79. The Balaban J connectivity index is 2.51. The monoisotopic (exact) mass is 131 g/mol. The van der Waals surface area contributed by atoms with Crippen LogP contribution in [0.4, 0.5) is 0 Å². The summed E-state index contributed by atoms with van der Waals surface area (Å²) >= 11 is 1.67. The van der Waals surface area contributed by atoms with Crippen LogP contribution in [-0.2, 0) is 4.79 Å². The molecular weight excluding hydrogens is 122 g/mol. The van der Waals surface area contributed by atoms with Gasteiger partial charge < -0.3 is 5.32 Å². The molecule has 1 rings (SSSR count). The van der Waals surface area contributed by atoms with Crippen molar-refractivity contribution >= 4 is 17.7 Å². The molecule has 46 valence electrons. The van der Waals surface area contributed by atoms with Crippen molar-refractivity contribution in [2.75, 3.05) is 0 Å². The van der Waals surface area contributed by atoms with Gasteiger partial charge in [0.05, 0.1) is 10.6 Å². The van der Waals surface area contributed by atoms with Crippen molar-refractivity contribution in [3.05, 3.63) is 0 Å². The fourth-order valence-electron chi connectivity index (χ4n) is 0.720. The van der Waals surface area contributed by atoms with Gasteiger partial charge >= 0.3 is 0 Å². The molecule has 0 radical (unpaired) electrons. The summed E-state index contributed by atoms with van der Waals surface area (Å²) in [6.45, 7) is 3.91. The van der Waals surface area contributed by atoms with Gasteiger partial charge in [-0.15, -0.1) is 11.8 Å². The van der Waals surface area contributed by atoms with Crippen molar-refractivity contribution in [3.8, 4) is 0 Å². The Morgan fingerprint density at radius 3 is 2.38 bits per heavy atom. The van der Waals surface area contributed by atoms with E-state index in [1.54, 1.807) is 11.8 Å². The Kier molecular flexibility index (Phi) is 1.47. The number of hydrogen-bond donors (Lipinski definition) is 1. The average Bonchev–Trinajstić information content (AvgIpc) is 1.85. The van der Waals surface area contributed by atoms with Crippen molar-refractivity contribution in [3.63, 3.8) is 0 Å². The predicted octanol–water partition coefficient (Wildman–Crippen LogP) is 0.584. The predicted molar refractivity (Wildman–Crippen MR) is 34.7 cm³/mol. The molecule has 0 aromatic rings. The Bertz CT molecular complexity index is 115. The topological polar surface area (TPSA) is 29.1 Å². The Hall–Kier alpha value is -0.180. The minimum Gasteiger partial charge on any atom is -0.344 e. The lowest BCUT2D eigenvalue weighted by molar-refractivity contribution is -0.119. The Labute approximate surface area is 53.0 Å². The van der Waals surface area contributed by atoms with Crippen LogP contribution < -0.4 is 5.32 Å². The molecule has 0 spiro atoms. The largest absolute Gasteiger partial charge is 0.344 e. The van der Waals surface area contributed by atoms with Crippen molar-refractivity contribution in [1.29, 1.82) is 0 Å². The van der Waals surface area contributed by atoms with Gasteiger partial charge in [0.25, 0.3) is 0 Å². The van der Waals surface area contributed by atoms with Crippen LogP contribution >= 0.6 is 11.8 Å². The van der Waals surface area contributed by atoms with Gasteiger partial charge in [-0.3, -0.25) is 4.79 Å². The third kappa shape index (κ3) is 0.968. The van der Waals surface area contributed by atoms with Crippen LogP contribution in [0.5, 0.6) is 0 Å². The second-order valence-corrected chi connectivity index (χ2v) is 3.62. The average molecular weight is 131 g/mol. The highest BCUT2D eigenvalue weighted by molar-refractivity contribution is 8.01. The normalized spacial score (nSPS) is 37.5. The molecule has 8 heavy (non-hydrogen) atoms. The molecule has 1 amide bonds. The van der Waals surface area contributed by atoms with E-state index < -0.39 is 0 Å². The first kappa shape index (κ1) is 5.95. The molecule has 0 aromatic carbocycles. The quantitative estimate of drug-likeness (QED) is 0.521. The minimum atomic E-state index is 0.157. The molecule has 1 fully saturated rings. The summed E-state index contributed by atoms with van der Waals surface area (Å²) in [4.78, 5) is 10.7. The van der Waals surface area contributed by atoms with Crippen molar-refractivity contribution in [2.45, 2.75) is 24.5 Å². The SMILES string of the molecule is CC1NC(=O)C(C)S1. The molecule has 1 aliphatic rings. The zero-order valence-electron chi connectivity index (χ0n) is 4.97. The van der Waals surface area contributed by atoms with Crippen molar-refractivity contribution in [1.82, 2.24) is 5.32 Å². The van der Waals surface area contributed by atoms with Gasteiger partial charge in [0, 0.05) is 0 Å². The molecule has 1 saturated heterocycles. The fourth-order valence-corrected chi connectivity index (χ4v) is 1.71. The van der Waals surface area contributed by atoms with E-state index in [1.807, 2.05) is 13.8 Å². The molecule has 3 heteroatoms. The lowest BCUT2D eigenvalue weighted by Gasteiger charge is -1.95. The van der Waals surface area contributed by atoms with E-state index in [2.05, 4.69) is 5.32 Å². The zero-order chi connectivity index (χ0) is 6.15. The van der Waals surface area contributed by atoms with E-state index >= 15 is 0 Å². The van der Waals surface area contributed by atoms with E-state index in [4.69, 9.17) is 0 Å². The van der Waals surface area contributed by atoms with Crippen LogP contribution in [-0.4, -0.2) is 16.5 Å². The summed E-state index contributed by atoms with van der Waals surface area (Å²) in [5.41, 5.74) is 0. The van der Waals surface area contributed by atoms with Crippen LogP contribution in [0.15, 0.2) is 0 Å². The highest BCUT2D eigenvalue weighted by atomic mass is 32.2. The van der Waals surface area contributed by atoms with Crippen LogP contribution in [0.25, 0.3) is 0 Å². The highest BCUT2D eigenvalue weighted by Gasteiger charge is 2.24. The third-order valence-electron chi connectivity index (χ3n) is 1.12. The molecule has 0 bridgehead atoms. The first-order chi connectivity index (χ1) is 3.70. The number of carbonyl (C=O) groups excluding carboxylic acids is 1. The van der Waals surface area contributed by atoms with Gasteiger partial charge in [-0.2, -0.15) is 0 Å². The molecule has 1 N–H and O–H groups in total. The Morgan fingerprint density at radius 2 is 2.25 bits per heavy atom. The summed E-state index contributed by atoms with van der Waals surface area (Å²) in [7, 11) is 0. The van der Waals surface area contributed by atoms with E-state index in [1.165, 1.54) is 0 Å². The highest BCUT2D eigenvalue weighted by Crippen LogP contribution is 2.21. The standard InChI is InChI=1S/C5H9NOS/c1-3-5(7)6-4(2)8-3/h3-4H,1-2H3,(H,6,7). The van der Waals surface area contributed by atoms with E-state index in [0.29, 0.717) is 5.37 Å². The summed E-state index contributed by atoms with van der Waals surface area (Å²) < 4.78 is 0. The maximum Gasteiger partial charge on any atom is 0.233 e. The molecule has 2 unspecified atom stereocenters. The number of amides is 1. The van der Waals surface area contributed by atoms with Gasteiger partial charge in [0.15, 0.2) is 0 Å². The first-order valence-electron chi connectivity index (χ1n) is 2.66. The van der Waals surface area contributed by atoms with E-state index in [0.717, 1.165) is 0 Å². The number of hydrogen-bond acceptors (Lipinski definition) is 2. The maximum atomic E-state index is 10.7. The van der Waals surface area contributed by atoms with E-state index in [9.17, 15) is 4.79 Å². The van der Waals surface area contributed by atoms with E-state index in [-0.39, 0.29) is 11.2 Å². The molecular formula is C5H9NOS. The molecule has 0 saturated carbocycles. The molecule has 2 atom stereocenters. The Morgan fingerprint density at radius 1 is 1.62 bits per heavy atom. The van der Waals surface area contributed by atoms with Crippen LogP contribution in [0.2, 0.25) is 0 Å². The van der Waals surface area contributed by atoms with Crippen LogP contribution in [0.3, 0.4) is 0 Å². The molecule has 2 nitrogen and oxygen atoms in total. The van der Waals surface area contributed by atoms with Gasteiger partial charge in [0.2, 0.25) is 5.91 Å². The second kappa shape index (κ2) is 1.97. The summed E-state index contributed by atoms with van der Waals surface area (Å²) in [5, 5.41) is 3.27. The number of rotatable bonds is 0. The molecule has 1 heterocycles. The summed E-state index contributed by atoms with van der Waals surface area (Å²) in [6, 6.07) is 0. The van der Waals surface area contributed by atoms with Crippen LogP contribution in [0, 0.1) is 0 Å². The van der Waals surface area contributed by atoms with Gasteiger partial charge in [-0.05, 0) is 13.8 Å². The summed E-state index contributed by atoms with van der Waals surface area (Å²) in [5.74, 6) is 0.169. The fraction of sp³-hybridized carbons (Fsp3) is 0.800. The molecule has 0 aromatic heterocycles. The lowest BCUT2D eigenvalue weighted by atomic mass is 10.4. The molecule has 1 aliphatic heterocycles. The van der Waals surface area contributed by atoms with Gasteiger partial charge in [-0.1, -0.05) is 0 Å². The summed E-state index contributed by atoms with van der Waals surface area (Å²) in [6.07, 6.45) is 0. The number of thioether (sulfide) groups is 1. The van der Waals surface area contributed by atoms with Gasteiger partial charge in [-0.25, -0.2) is 0 Å². The number of carbonyl (C=O) groups is 1. The minimum absolute atomic E-state index is 0.157. The first-order valence-corrected chi connectivity index (χ1v) is 3.60. The van der Waals surface area contributed by atoms with Gasteiger partial charge in [0.1, 0.15) is 0 Å². The second-order valence-electron chi connectivity index (χ2n) is 1.93. The third-order valence-corrected chi connectivity index (χ3v) is 2.27. The van der Waals surface area contributed by atoms with Crippen molar-refractivity contribution in [2.24, 2.45) is 0 Å². The molecule has 0 aliphatic carbocycles.